The third kappa shape index (κ3) is 1.62. The van der Waals surface area contributed by atoms with Crippen LogP contribution in [0.2, 0.25) is 5.02 Å². The van der Waals surface area contributed by atoms with Crippen molar-refractivity contribution in [1.29, 1.82) is 0 Å². The van der Waals surface area contributed by atoms with Crippen LogP contribution in [0.3, 0.4) is 0 Å². The molecule has 2 aromatic rings. The molecule has 0 unspecified atom stereocenters. The molecule has 0 amide bonds. The van der Waals surface area contributed by atoms with Gasteiger partial charge in [0.25, 0.3) is 0 Å². The first-order valence-corrected chi connectivity index (χ1v) is 4.05. The lowest BCUT2D eigenvalue weighted by molar-refractivity contribution is 0.997. The molecule has 2 rings (SSSR count). The van der Waals surface area contributed by atoms with Crippen molar-refractivity contribution in [1.82, 2.24) is 14.5 Å². The van der Waals surface area contributed by atoms with Crippen LogP contribution in [-0.4, -0.2) is 14.5 Å². The van der Waals surface area contributed by atoms with Gasteiger partial charge in [0.15, 0.2) is 0 Å². The number of hydrogen-bond acceptors (Lipinski definition) is 3. The Labute approximate surface area is 80.0 Å². The largest absolute Gasteiger partial charge is 0.384 e. The molecule has 2 N–H and O–H groups in total. The molecule has 66 valence electrons. The third-order valence-corrected chi connectivity index (χ3v) is 1.78. The average Bonchev–Trinajstić information content (AvgIpc) is 2.53. The van der Waals surface area contributed by atoms with E-state index >= 15 is 0 Å². The Kier molecular flexibility index (Phi) is 1.90. The standard InChI is InChI=1S/C8H7ClN4/c9-6-3-7(10)12-8(4-6)13-2-1-11-5-13/h1-5H,(H2,10,12). The SMILES string of the molecule is Nc1cc(Cl)cc(-n2ccnc2)n1. The van der Waals surface area contributed by atoms with Gasteiger partial charge >= 0.3 is 0 Å². The molecule has 0 aromatic carbocycles. The Morgan fingerprint density at radius 3 is 2.85 bits per heavy atom. The van der Waals surface area contributed by atoms with Crippen LogP contribution in [0.4, 0.5) is 5.82 Å². The second kappa shape index (κ2) is 3.06. The van der Waals surface area contributed by atoms with Crippen molar-refractivity contribution >= 4 is 17.4 Å². The molecule has 0 saturated heterocycles. The van der Waals surface area contributed by atoms with Gasteiger partial charge < -0.3 is 5.73 Å². The summed E-state index contributed by atoms with van der Waals surface area (Å²) in [5.74, 6) is 1.07. The highest BCUT2D eigenvalue weighted by molar-refractivity contribution is 6.30. The minimum atomic E-state index is 0.399. The number of pyridine rings is 1. The lowest BCUT2D eigenvalue weighted by atomic mass is 10.4. The summed E-state index contributed by atoms with van der Waals surface area (Å²) in [5.41, 5.74) is 5.54. The van der Waals surface area contributed by atoms with E-state index in [4.69, 9.17) is 17.3 Å². The van der Waals surface area contributed by atoms with Gasteiger partial charge in [-0.25, -0.2) is 9.97 Å². The molecule has 13 heavy (non-hydrogen) atoms. The smallest absolute Gasteiger partial charge is 0.141 e. The van der Waals surface area contributed by atoms with Crippen LogP contribution >= 0.6 is 11.6 Å². The highest BCUT2D eigenvalue weighted by Crippen LogP contribution is 2.15. The quantitative estimate of drug-likeness (QED) is 0.749. The molecule has 2 aromatic heterocycles. The van der Waals surface area contributed by atoms with Crippen molar-refractivity contribution < 1.29 is 0 Å². The molecular formula is C8H7ClN4. The first kappa shape index (κ1) is 8.07. The molecule has 2 heterocycles. The van der Waals surface area contributed by atoms with Crippen LogP contribution in [0.15, 0.2) is 30.9 Å². The van der Waals surface area contributed by atoms with E-state index in [2.05, 4.69) is 9.97 Å². The van der Waals surface area contributed by atoms with Crippen LogP contribution in [0.1, 0.15) is 0 Å². The van der Waals surface area contributed by atoms with Crippen LogP contribution < -0.4 is 5.73 Å². The Hall–Kier alpha value is -1.55. The summed E-state index contributed by atoms with van der Waals surface area (Å²) in [5, 5.41) is 0.566. The van der Waals surface area contributed by atoms with E-state index in [0.717, 1.165) is 0 Å². The molecule has 0 spiro atoms. The van der Waals surface area contributed by atoms with E-state index in [1.165, 1.54) is 0 Å². The zero-order chi connectivity index (χ0) is 9.26. The van der Waals surface area contributed by atoms with Gasteiger partial charge in [-0.15, -0.1) is 0 Å². The van der Waals surface area contributed by atoms with Gasteiger partial charge in [0.05, 0.1) is 0 Å². The zero-order valence-corrected chi connectivity index (χ0v) is 7.44. The van der Waals surface area contributed by atoms with E-state index in [9.17, 15) is 0 Å². The molecule has 0 bridgehead atoms. The number of nitrogens with two attached hydrogens (primary N) is 1. The van der Waals surface area contributed by atoms with Crippen molar-refractivity contribution in [2.45, 2.75) is 0 Å². The predicted octanol–water partition coefficient (Wildman–Crippen LogP) is 1.50. The molecular weight excluding hydrogens is 188 g/mol. The number of nitrogen functional groups attached to an aromatic ring is 1. The fraction of sp³-hybridized carbons (Fsp3) is 0. The van der Waals surface area contributed by atoms with E-state index < -0.39 is 0 Å². The summed E-state index contributed by atoms with van der Waals surface area (Å²) < 4.78 is 1.74. The number of hydrogen-bond donors (Lipinski definition) is 1. The van der Waals surface area contributed by atoms with E-state index in [0.29, 0.717) is 16.7 Å². The molecule has 4 nitrogen and oxygen atoms in total. The minimum absolute atomic E-state index is 0.399. The van der Waals surface area contributed by atoms with E-state index in [1.54, 1.807) is 35.4 Å². The highest BCUT2D eigenvalue weighted by Gasteiger charge is 1.99. The Balaban J connectivity index is 2.53. The zero-order valence-electron chi connectivity index (χ0n) is 6.68. The maximum absolute atomic E-state index is 5.81. The van der Waals surface area contributed by atoms with Gasteiger partial charge in [0, 0.05) is 23.5 Å². The molecule has 0 saturated carbocycles. The van der Waals surface area contributed by atoms with Crippen molar-refractivity contribution in [2.75, 3.05) is 5.73 Å². The summed E-state index contributed by atoms with van der Waals surface area (Å²) in [6, 6.07) is 3.32. The third-order valence-electron chi connectivity index (χ3n) is 1.57. The number of halogens is 1. The first-order chi connectivity index (χ1) is 6.25. The lowest BCUT2D eigenvalue weighted by Crippen LogP contribution is -1.98. The van der Waals surface area contributed by atoms with Crippen molar-refractivity contribution in [3.05, 3.63) is 35.9 Å². The number of imidazole rings is 1. The topological polar surface area (TPSA) is 56.7 Å². The Morgan fingerprint density at radius 2 is 2.23 bits per heavy atom. The van der Waals surface area contributed by atoms with Crippen LogP contribution in [0, 0.1) is 0 Å². The summed E-state index contributed by atoms with van der Waals surface area (Å²) in [4.78, 5) is 7.99. The number of aromatic nitrogens is 3. The van der Waals surface area contributed by atoms with Crippen LogP contribution in [-0.2, 0) is 0 Å². The minimum Gasteiger partial charge on any atom is -0.384 e. The van der Waals surface area contributed by atoms with Gasteiger partial charge in [0.1, 0.15) is 18.0 Å². The molecule has 0 radical (unpaired) electrons. The number of rotatable bonds is 1. The molecule has 0 fully saturated rings. The van der Waals surface area contributed by atoms with E-state index in [-0.39, 0.29) is 0 Å². The molecule has 0 aliphatic carbocycles. The highest BCUT2D eigenvalue weighted by atomic mass is 35.5. The maximum Gasteiger partial charge on any atom is 0.141 e. The summed E-state index contributed by atoms with van der Waals surface area (Å²) in [6.07, 6.45) is 5.08. The molecule has 0 aliphatic rings. The van der Waals surface area contributed by atoms with Gasteiger partial charge in [-0.3, -0.25) is 4.57 Å². The average molecular weight is 195 g/mol. The number of anilines is 1. The summed E-state index contributed by atoms with van der Waals surface area (Å²) in [6.45, 7) is 0. The van der Waals surface area contributed by atoms with Gasteiger partial charge in [-0.05, 0) is 6.07 Å². The van der Waals surface area contributed by atoms with E-state index in [1.807, 2.05) is 0 Å². The monoisotopic (exact) mass is 194 g/mol. The predicted molar refractivity (Wildman–Crippen MR) is 50.8 cm³/mol. The normalized spacial score (nSPS) is 10.2. The van der Waals surface area contributed by atoms with Gasteiger partial charge in [0.2, 0.25) is 0 Å². The lowest BCUT2D eigenvalue weighted by Gasteiger charge is -2.02. The number of nitrogens with zero attached hydrogens (tertiary/aromatic N) is 3. The summed E-state index contributed by atoms with van der Waals surface area (Å²) in [7, 11) is 0. The maximum atomic E-state index is 5.81. The molecule has 5 heteroatoms. The van der Waals surface area contributed by atoms with Crippen molar-refractivity contribution in [3.63, 3.8) is 0 Å². The summed E-state index contributed by atoms with van der Waals surface area (Å²) >= 11 is 5.81. The molecule has 0 aliphatic heterocycles. The van der Waals surface area contributed by atoms with Crippen LogP contribution in [0.25, 0.3) is 5.82 Å². The van der Waals surface area contributed by atoms with Gasteiger partial charge in [-0.2, -0.15) is 0 Å². The Morgan fingerprint density at radius 1 is 1.38 bits per heavy atom. The van der Waals surface area contributed by atoms with Crippen LogP contribution in [0.5, 0.6) is 0 Å². The van der Waals surface area contributed by atoms with Crippen molar-refractivity contribution in [2.24, 2.45) is 0 Å². The van der Waals surface area contributed by atoms with Gasteiger partial charge in [-0.1, -0.05) is 11.6 Å². The molecule has 0 atom stereocenters. The van der Waals surface area contributed by atoms with Crippen molar-refractivity contribution in [3.8, 4) is 5.82 Å². The first-order valence-electron chi connectivity index (χ1n) is 3.67. The second-order valence-electron chi connectivity index (χ2n) is 2.54. The fourth-order valence-electron chi connectivity index (χ4n) is 1.03. The second-order valence-corrected chi connectivity index (χ2v) is 2.97. The Bertz CT molecular complexity index is 390. The fourth-order valence-corrected chi connectivity index (χ4v) is 1.24.